The number of carbonyl (C=O) groups is 1. The second kappa shape index (κ2) is 5.07. The molecule has 4 nitrogen and oxygen atoms in total. The highest BCUT2D eigenvalue weighted by atomic mass is 16.5. The Morgan fingerprint density at radius 2 is 2.31 bits per heavy atom. The van der Waals surface area contributed by atoms with E-state index >= 15 is 0 Å². The van der Waals surface area contributed by atoms with Crippen LogP contribution in [0, 0.1) is 0 Å². The molecular weight excluding hydrogens is 168 g/mol. The Labute approximate surface area is 79.0 Å². The van der Waals surface area contributed by atoms with E-state index in [-0.39, 0.29) is 18.2 Å². The van der Waals surface area contributed by atoms with Gasteiger partial charge < -0.3 is 15.4 Å². The zero-order chi connectivity index (χ0) is 9.68. The van der Waals surface area contributed by atoms with E-state index in [1.807, 2.05) is 6.92 Å². The molecule has 0 saturated heterocycles. The molecule has 0 radical (unpaired) electrons. The Kier molecular flexibility index (Phi) is 4.02. The van der Waals surface area contributed by atoms with Crippen LogP contribution in [0.1, 0.15) is 26.2 Å². The fourth-order valence-electron chi connectivity index (χ4n) is 1.75. The minimum atomic E-state index is -0.0866. The molecule has 13 heavy (non-hydrogen) atoms. The van der Waals surface area contributed by atoms with E-state index < -0.39 is 0 Å². The standard InChI is InChI=1S/C9H18N2O2/c1-3-10-9(12)11-7-5-4-6-8(7)13-2/h7-8H,3-6H2,1-2H3,(H2,10,11,12)/t7-,8-/m1/s1. The van der Waals surface area contributed by atoms with Crippen LogP contribution >= 0.6 is 0 Å². The van der Waals surface area contributed by atoms with Gasteiger partial charge in [-0.2, -0.15) is 0 Å². The molecule has 0 bridgehead atoms. The number of amides is 2. The predicted molar refractivity (Wildman–Crippen MR) is 50.6 cm³/mol. The van der Waals surface area contributed by atoms with Crippen LogP contribution in [0.25, 0.3) is 0 Å². The van der Waals surface area contributed by atoms with Crippen LogP contribution in [0.3, 0.4) is 0 Å². The van der Waals surface area contributed by atoms with Crippen molar-refractivity contribution in [1.82, 2.24) is 10.6 Å². The minimum Gasteiger partial charge on any atom is -0.379 e. The SMILES string of the molecule is CCNC(=O)N[C@@H]1CCC[C@H]1OC. The molecule has 1 fully saturated rings. The molecule has 2 atom stereocenters. The number of methoxy groups -OCH3 is 1. The molecule has 1 saturated carbocycles. The van der Waals surface area contributed by atoms with Crippen molar-refractivity contribution in [3.8, 4) is 0 Å². The van der Waals surface area contributed by atoms with Crippen LogP contribution in [0.15, 0.2) is 0 Å². The molecule has 0 aromatic rings. The first kappa shape index (κ1) is 10.3. The number of urea groups is 1. The first-order valence-corrected chi connectivity index (χ1v) is 4.85. The second-order valence-electron chi connectivity index (χ2n) is 3.32. The van der Waals surface area contributed by atoms with Crippen LogP contribution in [-0.4, -0.2) is 31.8 Å². The third-order valence-electron chi connectivity index (χ3n) is 2.41. The van der Waals surface area contributed by atoms with Crippen LogP contribution in [-0.2, 0) is 4.74 Å². The Morgan fingerprint density at radius 3 is 2.92 bits per heavy atom. The summed E-state index contributed by atoms with van der Waals surface area (Å²) < 4.78 is 5.26. The first-order chi connectivity index (χ1) is 6.27. The van der Waals surface area contributed by atoms with Gasteiger partial charge in [-0.15, -0.1) is 0 Å². The lowest BCUT2D eigenvalue weighted by Crippen LogP contribution is -2.45. The maximum Gasteiger partial charge on any atom is 0.315 e. The number of ether oxygens (including phenoxy) is 1. The largest absolute Gasteiger partial charge is 0.379 e. The molecule has 2 amide bonds. The predicted octanol–water partition coefficient (Wildman–Crippen LogP) is 0.873. The summed E-state index contributed by atoms with van der Waals surface area (Å²) in [5, 5.41) is 5.62. The smallest absolute Gasteiger partial charge is 0.315 e. The molecule has 1 aliphatic rings. The molecule has 76 valence electrons. The summed E-state index contributed by atoms with van der Waals surface area (Å²) in [6, 6.07) is 0.105. The molecule has 0 unspecified atom stereocenters. The average Bonchev–Trinajstić information content (AvgIpc) is 2.52. The van der Waals surface area contributed by atoms with Gasteiger partial charge in [-0.25, -0.2) is 4.79 Å². The zero-order valence-corrected chi connectivity index (χ0v) is 8.30. The van der Waals surface area contributed by atoms with E-state index in [4.69, 9.17) is 4.74 Å². The minimum absolute atomic E-state index is 0.0866. The van der Waals surface area contributed by atoms with Crippen molar-refractivity contribution in [1.29, 1.82) is 0 Å². The van der Waals surface area contributed by atoms with E-state index in [1.54, 1.807) is 7.11 Å². The quantitative estimate of drug-likeness (QED) is 0.687. The van der Waals surface area contributed by atoms with Crippen LogP contribution in [0.2, 0.25) is 0 Å². The number of nitrogens with one attached hydrogen (secondary N) is 2. The summed E-state index contributed by atoms with van der Waals surface area (Å²) in [6.07, 6.45) is 3.40. The number of rotatable bonds is 3. The van der Waals surface area contributed by atoms with E-state index in [1.165, 1.54) is 0 Å². The highest BCUT2D eigenvalue weighted by molar-refractivity contribution is 5.74. The summed E-state index contributed by atoms with van der Waals surface area (Å²) in [5.41, 5.74) is 0. The van der Waals surface area contributed by atoms with Gasteiger partial charge in [0, 0.05) is 13.7 Å². The van der Waals surface area contributed by atoms with Crippen molar-refractivity contribution in [3.05, 3.63) is 0 Å². The number of hydrogen-bond donors (Lipinski definition) is 2. The van der Waals surface area contributed by atoms with Crippen molar-refractivity contribution in [2.45, 2.75) is 38.3 Å². The lowest BCUT2D eigenvalue weighted by Gasteiger charge is -2.19. The fraction of sp³-hybridized carbons (Fsp3) is 0.889. The van der Waals surface area contributed by atoms with Gasteiger partial charge in [-0.05, 0) is 26.2 Å². The van der Waals surface area contributed by atoms with Crippen molar-refractivity contribution >= 4 is 6.03 Å². The van der Waals surface area contributed by atoms with Gasteiger partial charge >= 0.3 is 6.03 Å². The molecule has 4 heteroatoms. The molecule has 0 spiro atoms. The Balaban J connectivity index is 2.30. The van der Waals surface area contributed by atoms with Crippen LogP contribution < -0.4 is 10.6 Å². The molecule has 1 aliphatic carbocycles. The molecule has 0 aromatic carbocycles. The molecule has 0 aliphatic heterocycles. The fourth-order valence-corrected chi connectivity index (χ4v) is 1.75. The van der Waals surface area contributed by atoms with E-state index in [9.17, 15) is 4.79 Å². The molecule has 0 heterocycles. The molecular formula is C9H18N2O2. The van der Waals surface area contributed by atoms with Gasteiger partial charge in [-0.1, -0.05) is 0 Å². The third kappa shape index (κ3) is 2.88. The van der Waals surface area contributed by atoms with Gasteiger partial charge in [0.25, 0.3) is 0 Å². The van der Waals surface area contributed by atoms with Gasteiger partial charge in [0.1, 0.15) is 0 Å². The summed E-state index contributed by atoms with van der Waals surface area (Å²) in [5.74, 6) is 0. The number of carbonyl (C=O) groups excluding carboxylic acids is 1. The molecule has 1 rings (SSSR count). The highest BCUT2D eigenvalue weighted by Gasteiger charge is 2.27. The summed E-state index contributed by atoms with van der Waals surface area (Å²) in [6.45, 7) is 2.57. The normalized spacial score (nSPS) is 27.2. The Bertz CT molecular complexity index is 173. The van der Waals surface area contributed by atoms with E-state index in [0.717, 1.165) is 19.3 Å². The van der Waals surface area contributed by atoms with E-state index in [0.29, 0.717) is 6.54 Å². The third-order valence-corrected chi connectivity index (χ3v) is 2.41. The van der Waals surface area contributed by atoms with E-state index in [2.05, 4.69) is 10.6 Å². The first-order valence-electron chi connectivity index (χ1n) is 4.85. The van der Waals surface area contributed by atoms with Crippen LogP contribution in [0.4, 0.5) is 4.79 Å². The Hall–Kier alpha value is -0.770. The maximum absolute atomic E-state index is 11.2. The van der Waals surface area contributed by atoms with Crippen molar-refractivity contribution in [3.63, 3.8) is 0 Å². The van der Waals surface area contributed by atoms with Gasteiger partial charge in [0.05, 0.1) is 12.1 Å². The lowest BCUT2D eigenvalue weighted by molar-refractivity contribution is 0.0875. The number of hydrogen-bond acceptors (Lipinski definition) is 2. The molecule has 0 aromatic heterocycles. The average molecular weight is 186 g/mol. The van der Waals surface area contributed by atoms with Crippen molar-refractivity contribution in [2.24, 2.45) is 0 Å². The summed E-state index contributed by atoms with van der Waals surface area (Å²) in [7, 11) is 1.70. The van der Waals surface area contributed by atoms with Gasteiger partial charge in [0.2, 0.25) is 0 Å². The second-order valence-corrected chi connectivity index (χ2v) is 3.32. The monoisotopic (exact) mass is 186 g/mol. The van der Waals surface area contributed by atoms with Crippen molar-refractivity contribution in [2.75, 3.05) is 13.7 Å². The molecule has 2 N–H and O–H groups in total. The van der Waals surface area contributed by atoms with Gasteiger partial charge in [-0.3, -0.25) is 0 Å². The van der Waals surface area contributed by atoms with Crippen LogP contribution in [0.5, 0.6) is 0 Å². The Morgan fingerprint density at radius 1 is 1.54 bits per heavy atom. The zero-order valence-electron chi connectivity index (χ0n) is 8.30. The maximum atomic E-state index is 11.2. The highest BCUT2D eigenvalue weighted by Crippen LogP contribution is 2.21. The lowest BCUT2D eigenvalue weighted by atomic mass is 10.2. The van der Waals surface area contributed by atoms with Crippen molar-refractivity contribution < 1.29 is 9.53 Å². The summed E-state index contributed by atoms with van der Waals surface area (Å²) >= 11 is 0. The van der Waals surface area contributed by atoms with Gasteiger partial charge in [0.15, 0.2) is 0 Å². The topological polar surface area (TPSA) is 50.4 Å². The summed E-state index contributed by atoms with van der Waals surface area (Å²) in [4.78, 5) is 11.2.